The van der Waals surface area contributed by atoms with Crippen LogP contribution in [-0.2, 0) is 6.54 Å². The van der Waals surface area contributed by atoms with E-state index in [0.29, 0.717) is 0 Å². The van der Waals surface area contributed by atoms with Gasteiger partial charge < -0.3 is 10.2 Å². The highest BCUT2D eigenvalue weighted by Gasteiger charge is 2.18. The van der Waals surface area contributed by atoms with Gasteiger partial charge >= 0.3 is 0 Å². The average molecular weight is 357 g/mol. The van der Waals surface area contributed by atoms with Crippen molar-refractivity contribution < 1.29 is 0 Å². The summed E-state index contributed by atoms with van der Waals surface area (Å²) in [6, 6.07) is 25.7. The Morgan fingerprint density at radius 3 is 2.62 bits per heavy atom. The second kappa shape index (κ2) is 6.46. The molecule has 0 saturated heterocycles. The van der Waals surface area contributed by atoms with Crippen LogP contribution in [0.3, 0.4) is 0 Å². The van der Waals surface area contributed by atoms with Gasteiger partial charge in [-0.05, 0) is 41.0 Å². The summed E-state index contributed by atoms with van der Waals surface area (Å²) in [5.74, 6) is 0. The summed E-state index contributed by atoms with van der Waals surface area (Å²) in [5.41, 5.74) is 6.16. The Labute approximate surface area is 156 Å². The Kier molecular flexibility index (Phi) is 3.83. The van der Waals surface area contributed by atoms with Gasteiger partial charge in [0.2, 0.25) is 0 Å². The number of anilines is 2. The molecule has 3 aromatic carbocycles. The number of nitrogens with zero attached hydrogens (tertiary/aromatic N) is 2. The summed E-state index contributed by atoms with van der Waals surface area (Å²) in [4.78, 5) is 7.24. The molecule has 128 valence electrons. The molecule has 0 bridgehead atoms. The van der Waals surface area contributed by atoms with Gasteiger partial charge in [-0.25, -0.2) is 4.98 Å². The lowest BCUT2D eigenvalue weighted by Crippen LogP contribution is -2.25. The van der Waals surface area contributed by atoms with Gasteiger partial charge in [-0.2, -0.15) is 0 Å². The molecule has 0 amide bonds. The Morgan fingerprint density at radius 1 is 0.885 bits per heavy atom. The van der Waals surface area contributed by atoms with Crippen LogP contribution in [0.4, 0.5) is 10.8 Å². The summed E-state index contributed by atoms with van der Waals surface area (Å²) in [7, 11) is 0. The van der Waals surface area contributed by atoms with E-state index in [-0.39, 0.29) is 0 Å². The molecule has 1 aliphatic rings. The van der Waals surface area contributed by atoms with Crippen molar-refractivity contribution in [2.45, 2.75) is 6.54 Å². The van der Waals surface area contributed by atoms with Gasteiger partial charge in [-0.3, -0.25) is 0 Å². The molecular weight excluding hydrogens is 338 g/mol. The summed E-state index contributed by atoms with van der Waals surface area (Å²) >= 11 is 1.78. The molecule has 1 aliphatic heterocycles. The van der Waals surface area contributed by atoms with Crippen LogP contribution in [0, 0.1) is 0 Å². The molecule has 0 spiro atoms. The van der Waals surface area contributed by atoms with E-state index in [0.717, 1.165) is 30.3 Å². The van der Waals surface area contributed by atoms with Crippen LogP contribution in [0.5, 0.6) is 0 Å². The summed E-state index contributed by atoms with van der Waals surface area (Å²) < 4.78 is 1.25. The maximum Gasteiger partial charge on any atom is 0.186 e. The minimum atomic E-state index is 0.878. The predicted octanol–water partition coefficient (Wildman–Crippen LogP) is 5.40. The van der Waals surface area contributed by atoms with Crippen LogP contribution in [-0.4, -0.2) is 18.1 Å². The molecule has 0 fully saturated rings. The highest BCUT2D eigenvalue weighted by Crippen LogP contribution is 2.33. The zero-order valence-corrected chi connectivity index (χ0v) is 15.2. The van der Waals surface area contributed by atoms with Crippen molar-refractivity contribution in [2.75, 3.05) is 23.3 Å². The lowest BCUT2D eigenvalue weighted by Gasteiger charge is -2.19. The van der Waals surface area contributed by atoms with Gasteiger partial charge in [-0.15, -0.1) is 0 Å². The number of fused-ring (bicyclic) bond motifs is 2. The van der Waals surface area contributed by atoms with Crippen LogP contribution in [0.1, 0.15) is 5.56 Å². The van der Waals surface area contributed by atoms with E-state index in [1.807, 2.05) is 0 Å². The van der Waals surface area contributed by atoms with E-state index in [1.54, 1.807) is 11.3 Å². The molecule has 4 aromatic rings. The Balaban J connectivity index is 1.51. The van der Waals surface area contributed by atoms with Crippen molar-refractivity contribution in [3.8, 4) is 11.1 Å². The summed E-state index contributed by atoms with van der Waals surface area (Å²) in [6.07, 6.45) is 0. The molecule has 1 aromatic heterocycles. The maximum absolute atomic E-state index is 4.85. The fraction of sp³-hybridized carbons (Fsp3) is 0.136. The summed E-state index contributed by atoms with van der Waals surface area (Å²) in [6.45, 7) is 2.76. The second-order valence-electron chi connectivity index (χ2n) is 6.55. The van der Waals surface area contributed by atoms with Crippen molar-refractivity contribution in [3.05, 3.63) is 78.4 Å². The van der Waals surface area contributed by atoms with Crippen LogP contribution < -0.4 is 10.2 Å². The van der Waals surface area contributed by atoms with Gasteiger partial charge in [-0.1, -0.05) is 59.9 Å². The third-order valence-electron chi connectivity index (χ3n) is 4.82. The first-order valence-electron chi connectivity index (χ1n) is 8.89. The molecule has 0 atom stereocenters. The van der Waals surface area contributed by atoms with E-state index >= 15 is 0 Å². The number of para-hydroxylation sites is 1. The molecular formula is C22H19N3S. The minimum Gasteiger partial charge on any atom is -0.383 e. The zero-order valence-electron chi connectivity index (χ0n) is 14.4. The highest BCUT2D eigenvalue weighted by molar-refractivity contribution is 7.22. The lowest BCUT2D eigenvalue weighted by atomic mass is 10.0. The molecule has 1 N–H and O–H groups in total. The van der Waals surface area contributed by atoms with Gasteiger partial charge in [0.05, 0.1) is 10.2 Å². The number of aromatic nitrogens is 1. The Bertz CT molecular complexity index is 1020. The topological polar surface area (TPSA) is 28.2 Å². The van der Waals surface area contributed by atoms with Gasteiger partial charge in [0, 0.05) is 25.3 Å². The molecule has 2 heterocycles. The predicted molar refractivity (Wildman–Crippen MR) is 111 cm³/mol. The monoisotopic (exact) mass is 357 g/mol. The Hall–Kier alpha value is -2.85. The molecule has 0 radical (unpaired) electrons. The molecule has 0 unspecified atom stereocenters. The number of thiazole rings is 1. The van der Waals surface area contributed by atoms with Gasteiger partial charge in [0.1, 0.15) is 0 Å². The number of benzene rings is 3. The van der Waals surface area contributed by atoms with Crippen molar-refractivity contribution in [1.29, 1.82) is 0 Å². The van der Waals surface area contributed by atoms with E-state index in [9.17, 15) is 0 Å². The van der Waals surface area contributed by atoms with E-state index < -0.39 is 0 Å². The number of rotatable bonds is 2. The fourth-order valence-electron chi connectivity index (χ4n) is 3.48. The molecule has 0 aliphatic carbocycles. The summed E-state index contributed by atoms with van der Waals surface area (Å²) in [5, 5.41) is 4.68. The van der Waals surface area contributed by atoms with Crippen LogP contribution >= 0.6 is 11.3 Å². The molecule has 0 saturated carbocycles. The van der Waals surface area contributed by atoms with Crippen molar-refractivity contribution in [3.63, 3.8) is 0 Å². The van der Waals surface area contributed by atoms with E-state index in [2.05, 4.69) is 83.0 Å². The number of hydrogen-bond acceptors (Lipinski definition) is 4. The number of hydrogen-bond donors (Lipinski definition) is 1. The standard InChI is InChI=1S/C22H19N3S/c1-2-6-16(7-3-1)17-10-11-19-18(14-17)15-25(13-12-23-19)22-24-20-8-4-5-9-21(20)26-22/h1-11,14,23H,12-13,15H2. The van der Waals surface area contributed by atoms with Crippen molar-refractivity contribution >= 4 is 32.4 Å². The van der Waals surface area contributed by atoms with Gasteiger partial charge in [0.15, 0.2) is 5.13 Å². The van der Waals surface area contributed by atoms with Gasteiger partial charge in [0.25, 0.3) is 0 Å². The average Bonchev–Trinajstić information content (AvgIpc) is 3.01. The van der Waals surface area contributed by atoms with E-state index in [4.69, 9.17) is 4.98 Å². The number of nitrogens with one attached hydrogen (secondary N) is 1. The normalized spacial score (nSPS) is 13.9. The molecule has 4 heteroatoms. The van der Waals surface area contributed by atoms with Crippen LogP contribution in [0.2, 0.25) is 0 Å². The van der Waals surface area contributed by atoms with E-state index in [1.165, 1.54) is 27.1 Å². The first-order chi connectivity index (χ1) is 12.9. The first kappa shape index (κ1) is 15.4. The smallest absolute Gasteiger partial charge is 0.186 e. The quantitative estimate of drug-likeness (QED) is 0.521. The second-order valence-corrected chi connectivity index (χ2v) is 7.56. The Morgan fingerprint density at radius 2 is 1.73 bits per heavy atom. The van der Waals surface area contributed by atoms with Crippen molar-refractivity contribution in [1.82, 2.24) is 4.98 Å². The SMILES string of the molecule is c1ccc(-c2ccc3c(c2)CN(c2nc4ccccc4s2)CCN3)cc1. The molecule has 5 rings (SSSR count). The lowest BCUT2D eigenvalue weighted by molar-refractivity contribution is 0.825. The van der Waals surface area contributed by atoms with Crippen LogP contribution in [0.15, 0.2) is 72.8 Å². The largest absolute Gasteiger partial charge is 0.383 e. The maximum atomic E-state index is 4.85. The highest BCUT2D eigenvalue weighted by atomic mass is 32.1. The van der Waals surface area contributed by atoms with Crippen molar-refractivity contribution in [2.24, 2.45) is 0 Å². The third-order valence-corrected chi connectivity index (χ3v) is 5.92. The zero-order chi connectivity index (χ0) is 17.3. The van der Waals surface area contributed by atoms with Crippen LogP contribution in [0.25, 0.3) is 21.3 Å². The first-order valence-corrected chi connectivity index (χ1v) is 9.71. The fourth-order valence-corrected chi connectivity index (χ4v) is 4.47. The third kappa shape index (κ3) is 2.82. The molecule has 26 heavy (non-hydrogen) atoms. The minimum absolute atomic E-state index is 0.878. The molecule has 3 nitrogen and oxygen atoms in total.